The molecule has 24 heavy (non-hydrogen) atoms. The fourth-order valence-electron chi connectivity index (χ4n) is 1.72. The first-order chi connectivity index (χ1) is 9.62. The molecule has 1 rings (SSSR count). The molecule has 143 valence electrons. The molecule has 0 atom stereocenters. The number of hydrogen-bond donors (Lipinski definition) is 0. The maximum atomic E-state index is 3.81. The molecule has 0 spiro atoms. The zero-order valence-electron chi connectivity index (χ0n) is 16.2. The van der Waals surface area contributed by atoms with Crippen LogP contribution in [0.1, 0.15) is 75.8 Å². The first-order valence-corrected chi connectivity index (χ1v) is 8.02. The van der Waals surface area contributed by atoms with Crippen molar-refractivity contribution < 1.29 is 32.7 Å². The van der Waals surface area contributed by atoms with Crippen molar-refractivity contribution >= 4 is 0 Å². The monoisotopic (exact) mass is 412 g/mol. The largest absolute Gasteiger partial charge is 0.358 e. The van der Waals surface area contributed by atoms with Crippen LogP contribution >= 0.6 is 0 Å². The van der Waals surface area contributed by atoms with Crippen molar-refractivity contribution in [2.24, 2.45) is 0 Å². The third-order valence-corrected chi connectivity index (χ3v) is 3.13. The van der Waals surface area contributed by atoms with E-state index in [0.29, 0.717) is 5.41 Å². The molecular formula is C22H45NY-2. The van der Waals surface area contributed by atoms with Crippen LogP contribution in [0.15, 0.2) is 30.3 Å². The van der Waals surface area contributed by atoms with Crippen LogP contribution in [0.5, 0.6) is 0 Å². The van der Waals surface area contributed by atoms with Crippen LogP contribution in [0.25, 0.3) is 0 Å². The van der Waals surface area contributed by atoms with Gasteiger partial charge in [0.2, 0.25) is 0 Å². The van der Waals surface area contributed by atoms with Crippen molar-refractivity contribution in [2.75, 3.05) is 13.1 Å². The van der Waals surface area contributed by atoms with Crippen LogP contribution in [0.2, 0.25) is 0 Å². The van der Waals surface area contributed by atoms with E-state index in [-0.39, 0.29) is 53.1 Å². The Morgan fingerprint density at radius 1 is 0.792 bits per heavy atom. The van der Waals surface area contributed by atoms with Crippen LogP contribution in [0.4, 0.5) is 0 Å². The molecule has 0 saturated carbocycles. The third-order valence-electron chi connectivity index (χ3n) is 3.13. The minimum atomic E-state index is 0. The van der Waals surface area contributed by atoms with Gasteiger partial charge in [0.1, 0.15) is 0 Å². The van der Waals surface area contributed by atoms with E-state index in [1.165, 1.54) is 5.56 Å². The third kappa shape index (κ3) is 17.1. The summed E-state index contributed by atoms with van der Waals surface area (Å²) < 4.78 is 0. The molecule has 1 radical (unpaired) electrons. The van der Waals surface area contributed by atoms with Crippen molar-refractivity contribution in [1.29, 1.82) is 0 Å². The molecule has 0 aliphatic rings. The second kappa shape index (κ2) is 18.1. The fourth-order valence-corrected chi connectivity index (χ4v) is 1.72. The summed E-state index contributed by atoms with van der Waals surface area (Å²) in [5.74, 6) is 0. The van der Waals surface area contributed by atoms with Crippen LogP contribution < -0.4 is 0 Å². The Kier molecular flexibility index (Phi) is 26.7. The van der Waals surface area contributed by atoms with Crippen LogP contribution in [-0.2, 0) is 38.1 Å². The summed E-state index contributed by atoms with van der Waals surface area (Å²) in [5, 5.41) is 0. The van der Waals surface area contributed by atoms with Crippen molar-refractivity contribution in [3.05, 3.63) is 49.7 Å². The van der Waals surface area contributed by atoms with E-state index in [4.69, 9.17) is 0 Å². The van der Waals surface area contributed by atoms with E-state index in [1.807, 2.05) is 13.8 Å². The molecule has 0 bridgehead atoms. The Bertz CT molecular complexity index is 329. The van der Waals surface area contributed by atoms with E-state index in [0.717, 1.165) is 13.1 Å². The first kappa shape index (κ1) is 35.4. The number of benzene rings is 1. The summed E-state index contributed by atoms with van der Waals surface area (Å²) in [6, 6.07) is 10.6. The van der Waals surface area contributed by atoms with Gasteiger partial charge < -0.3 is 18.7 Å². The summed E-state index contributed by atoms with van der Waals surface area (Å²) in [4.78, 5) is 2.22. The van der Waals surface area contributed by atoms with E-state index in [2.05, 4.69) is 90.6 Å². The van der Waals surface area contributed by atoms with Gasteiger partial charge in [0, 0.05) is 38.2 Å². The van der Waals surface area contributed by atoms with Crippen LogP contribution in [-0.4, -0.2) is 23.5 Å². The van der Waals surface area contributed by atoms with Gasteiger partial charge >= 0.3 is 0 Å². The molecule has 1 aromatic rings. The summed E-state index contributed by atoms with van der Waals surface area (Å²) in [6.45, 7) is 26.5. The van der Waals surface area contributed by atoms with Crippen molar-refractivity contribution in [2.45, 2.75) is 81.2 Å². The van der Waals surface area contributed by atoms with Gasteiger partial charge in [0.05, 0.1) is 0 Å². The second-order valence-corrected chi connectivity index (χ2v) is 6.77. The number of nitrogens with zero attached hydrogens (tertiary/aromatic N) is 1. The van der Waals surface area contributed by atoms with Gasteiger partial charge in [-0.15, -0.1) is 13.1 Å². The number of hydrogen-bond acceptors (Lipinski definition) is 1. The minimum Gasteiger partial charge on any atom is -0.358 e. The van der Waals surface area contributed by atoms with E-state index in [1.54, 1.807) is 0 Å². The Labute approximate surface area is 180 Å². The van der Waals surface area contributed by atoms with Gasteiger partial charge in [-0.05, 0) is 31.7 Å². The normalized spacial score (nSPS) is 9.79. The Hall–Kier alpha value is 0.284. The SMILES string of the molecule is C.C.CC.CC(C)(C)c1ccccc1.[CH2-]CN(C[CH2-])C(C)(C)C.[Y]. The molecule has 0 N–H and O–H groups in total. The molecule has 0 aliphatic heterocycles. The Morgan fingerprint density at radius 3 is 1.25 bits per heavy atom. The smallest absolute Gasteiger partial charge is 0.00714 e. The van der Waals surface area contributed by atoms with Gasteiger partial charge in [-0.25, -0.2) is 0 Å². The fraction of sp³-hybridized carbons (Fsp3) is 0.636. The van der Waals surface area contributed by atoms with Gasteiger partial charge in [0.15, 0.2) is 0 Å². The summed E-state index contributed by atoms with van der Waals surface area (Å²) >= 11 is 0. The molecule has 0 heterocycles. The molecule has 0 aromatic heterocycles. The zero-order chi connectivity index (χ0) is 17.1. The summed E-state index contributed by atoms with van der Waals surface area (Å²) in [5.41, 5.74) is 1.92. The van der Waals surface area contributed by atoms with E-state index >= 15 is 0 Å². The summed E-state index contributed by atoms with van der Waals surface area (Å²) in [7, 11) is 0. The predicted molar refractivity (Wildman–Crippen MR) is 112 cm³/mol. The average molecular weight is 413 g/mol. The Morgan fingerprint density at radius 2 is 1.12 bits per heavy atom. The summed E-state index contributed by atoms with van der Waals surface area (Å²) in [6.07, 6.45) is 0. The number of rotatable bonds is 2. The molecule has 0 saturated heterocycles. The van der Waals surface area contributed by atoms with E-state index in [9.17, 15) is 0 Å². The molecule has 0 aliphatic carbocycles. The minimum absolute atomic E-state index is 0. The molecule has 1 aromatic carbocycles. The first-order valence-electron chi connectivity index (χ1n) is 8.02. The van der Waals surface area contributed by atoms with Crippen LogP contribution in [0.3, 0.4) is 0 Å². The second-order valence-electron chi connectivity index (χ2n) is 6.77. The maximum absolute atomic E-state index is 3.81. The zero-order valence-corrected chi connectivity index (χ0v) is 19.1. The Balaban J connectivity index is -0.0000000819. The topological polar surface area (TPSA) is 3.24 Å². The maximum Gasteiger partial charge on any atom is 0.00714 e. The van der Waals surface area contributed by atoms with Crippen LogP contribution in [0, 0.1) is 13.8 Å². The molecule has 0 unspecified atom stereocenters. The van der Waals surface area contributed by atoms with Gasteiger partial charge in [0.25, 0.3) is 0 Å². The van der Waals surface area contributed by atoms with Crippen molar-refractivity contribution in [1.82, 2.24) is 4.90 Å². The standard InChI is InChI=1S/C10H14.C8H17N.C2H6.2CH4.Y/c1-10(2,3)9-7-5-4-6-8-9;1-6-9(7-2)8(3,4)5;1-2;;;/h4-8H,1-3H3;1-2,6-7H2,3-5H3;1-2H3;2*1H4;/q;-2;;;;. The van der Waals surface area contributed by atoms with Gasteiger partial charge in [-0.1, -0.05) is 79.8 Å². The predicted octanol–water partition coefficient (Wildman–Crippen LogP) is 7.04. The van der Waals surface area contributed by atoms with E-state index < -0.39 is 0 Å². The molecule has 2 heteroatoms. The molecule has 1 nitrogen and oxygen atoms in total. The molecule has 0 amide bonds. The molecule has 0 fully saturated rings. The van der Waals surface area contributed by atoms with Crippen molar-refractivity contribution in [3.63, 3.8) is 0 Å². The quantitative estimate of drug-likeness (QED) is 0.471. The van der Waals surface area contributed by atoms with Gasteiger partial charge in [-0.2, -0.15) is 0 Å². The molecular weight excluding hydrogens is 367 g/mol. The van der Waals surface area contributed by atoms with Crippen molar-refractivity contribution in [3.8, 4) is 0 Å². The van der Waals surface area contributed by atoms with Gasteiger partial charge in [-0.3, -0.25) is 0 Å². The average Bonchev–Trinajstić information content (AvgIpc) is 2.41.